The molecule has 19 heavy (non-hydrogen) atoms. The first-order valence-corrected chi connectivity index (χ1v) is 6.90. The summed E-state index contributed by atoms with van der Waals surface area (Å²) in [7, 11) is 0. The van der Waals surface area contributed by atoms with E-state index >= 15 is 0 Å². The van der Waals surface area contributed by atoms with Crippen molar-refractivity contribution in [3.8, 4) is 0 Å². The number of ether oxygens (including phenoxy) is 1. The predicted molar refractivity (Wildman–Crippen MR) is 71.0 cm³/mol. The smallest absolute Gasteiger partial charge is 0.315 e. The van der Waals surface area contributed by atoms with E-state index in [2.05, 4.69) is 10.6 Å². The summed E-state index contributed by atoms with van der Waals surface area (Å²) in [5.41, 5.74) is 0. The molecule has 110 valence electrons. The summed E-state index contributed by atoms with van der Waals surface area (Å²) >= 11 is 0. The van der Waals surface area contributed by atoms with Crippen LogP contribution in [0.5, 0.6) is 0 Å². The molecule has 0 aromatic carbocycles. The molecule has 0 spiro atoms. The average molecular weight is 272 g/mol. The summed E-state index contributed by atoms with van der Waals surface area (Å²) in [5.74, 6) is -0.858. The van der Waals surface area contributed by atoms with Gasteiger partial charge in [-0.25, -0.2) is 4.79 Å². The summed E-state index contributed by atoms with van der Waals surface area (Å²) in [5, 5.41) is 14.3. The van der Waals surface area contributed by atoms with Crippen LogP contribution in [-0.2, 0) is 9.53 Å². The monoisotopic (exact) mass is 272 g/mol. The molecule has 3 unspecified atom stereocenters. The number of hydrogen-bond donors (Lipinski definition) is 3. The van der Waals surface area contributed by atoms with E-state index in [-0.39, 0.29) is 30.5 Å². The average Bonchev–Trinajstić information content (AvgIpc) is 2.87. The first kappa shape index (κ1) is 15.8. The van der Waals surface area contributed by atoms with Gasteiger partial charge in [-0.15, -0.1) is 0 Å². The van der Waals surface area contributed by atoms with Gasteiger partial charge in [0.25, 0.3) is 0 Å². The van der Waals surface area contributed by atoms with Gasteiger partial charge in [0, 0.05) is 19.6 Å². The SMILES string of the molecule is CCC(CNC(=O)NC(C)C1CCCO1)CC(=O)O. The van der Waals surface area contributed by atoms with Crippen LogP contribution in [-0.4, -0.2) is 42.4 Å². The molecule has 1 rings (SSSR count). The highest BCUT2D eigenvalue weighted by Gasteiger charge is 2.23. The molecule has 1 aliphatic rings. The number of rotatable bonds is 7. The second-order valence-corrected chi connectivity index (χ2v) is 5.07. The molecule has 0 bridgehead atoms. The molecule has 0 aromatic heterocycles. The summed E-state index contributed by atoms with van der Waals surface area (Å²) in [6.45, 7) is 4.98. The van der Waals surface area contributed by atoms with Crippen LogP contribution in [0.25, 0.3) is 0 Å². The summed E-state index contributed by atoms with van der Waals surface area (Å²) < 4.78 is 5.49. The number of carboxylic acid groups (broad SMARTS) is 1. The third-order valence-electron chi connectivity index (χ3n) is 3.47. The van der Waals surface area contributed by atoms with Crippen molar-refractivity contribution < 1.29 is 19.4 Å². The molecule has 1 heterocycles. The molecule has 3 atom stereocenters. The Balaban J connectivity index is 2.24. The number of carbonyl (C=O) groups excluding carboxylic acids is 1. The van der Waals surface area contributed by atoms with Gasteiger partial charge in [0.1, 0.15) is 0 Å². The van der Waals surface area contributed by atoms with Crippen LogP contribution in [0.1, 0.15) is 39.5 Å². The highest BCUT2D eigenvalue weighted by Crippen LogP contribution is 2.15. The van der Waals surface area contributed by atoms with Crippen molar-refractivity contribution in [1.82, 2.24) is 10.6 Å². The second-order valence-electron chi connectivity index (χ2n) is 5.07. The third-order valence-corrected chi connectivity index (χ3v) is 3.47. The fraction of sp³-hybridized carbons (Fsp3) is 0.846. The molecule has 1 saturated heterocycles. The molecule has 1 fully saturated rings. The van der Waals surface area contributed by atoms with Crippen LogP contribution in [0.3, 0.4) is 0 Å². The maximum absolute atomic E-state index is 11.7. The number of carbonyl (C=O) groups is 2. The lowest BCUT2D eigenvalue weighted by atomic mass is 10.0. The van der Waals surface area contributed by atoms with E-state index in [4.69, 9.17) is 9.84 Å². The van der Waals surface area contributed by atoms with Crippen molar-refractivity contribution in [3.63, 3.8) is 0 Å². The highest BCUT2D eigenvalue weighted by molar-refractivity contribution is 5.74. The van der Waals surface area contributed by atoms with Gasteiger partial charge in [0.05, 0.1) is 12.1 Å². The van der Waals surface area contributed by atoms with Gasteiger partial charge in [-0.05, 0) is 25.7 Å². The zero-order valence-corrected chi connectivity index (χ0v) is 11.6. The Morgan fingerprint density at radius 1 is 1.47 bits per heavy atom. The fourth-order valence-corrected chi connectivity index (χ4v) is 2.19. The lowest BCUT2D eigenvalue weighted by molar-refractivity contribution is -0.138. The van der Waals surface area contributed by atoms with E-state index < -0.39 is 5.97 Å². The first-order valence-electron chi connectivity index (χ1n) is 6.90. The minimum atomic E-state index is -0.832. The standard InChI is InChI=1S/C13H24N2O4/c1-3-10(7-12(16)17)8-14-13(18)15-9(2)11-5-4-6-19-11/h9-11H,3-8H2,1-2H3,(H,16,17)(H2,14,15,18). The van der Waals surface area contributed by atoms with Gasteiger partial charge >= 0.3 is 12.0 Å². The van der Waals surface area contributed by atoms with Crippen LogP contribution in [0.15, 0.2) is 0 Å². The minimum Gasteiger partial charge on any atom is -0.481 e. The van der Waals surface area contributed by atoms with E-state index in [0.29, 0.717) is 6.54 Å². The maximum Gasteiger partial charge on any atom is 0.315 e. The topological polar surface area (TPSA) is 87.7 Å². The van der Waals surface area contributed by atoms with Gasteiger partial charge in [-0.2, -0.15) is 0 Å². The molecular weight excluding hydrogens is 248 g/mol. The van der Waals surface area contributed by atoms with Gasteiger partial charge < -0.3 is 20.5 Å². The van der Waals surface area contributed by atoms with Gasteiger partial charge in [-0.3, -0.25) is 4.79 Å². The van der Waals surface area contributed by atoms with E-state index in [1.807, 2.05) is 13.8 Å². The number of nitrogens with one attached hydrogen (secondary N) is 2. The van der Waals surface area contributed by atoms with E-state index in [9.17, 15) is 9.59 Å². The fourth-order valence-electron chi connectivity index (χ4n) is 2.19. The van der Waals surface area contributed by atoms with Crippen molar-refractivity contribution in [3.05, 3.63) is 0 Å². The normalized spacial score (nSPS) is 21.7. The number of urea groups is 1. The number of aliphatic carboxylic acids is 1. The molecule has 6 heteroatoms. The molecule has 2 amide bonds. The van der Waals surface area contributed by atoms with E-state index in [1.54, 1.807) is 0 Å². The Morgan fingerprint density at radius 3 is 2.74 bits per heavy atom. The first-order chi connectivity index (χ1) is 9.02. The van der Waals surface area contributed by atoms with Crippen molar-refractivity contribution in [1.29, 1.82) is 0 Å². The van der Waals surface area contributed by atoms with Crippen molar-refractivity contribution in [2.24, 2.45) is 5.92 Å². The van der Waals surface area contributed by atoms with Gasteiger partial charge in [-0.1, -0.05) is 13.3 Å². The minimum absolute atomic E-state index is 0.0259. The zero-order valence-electron chi connectivity index (χ0n) is 11.6. The van der Waals surface area contributed by atoms with Crippen molar-refractivity contribution in [2.45, 2.75) is 51.7 Å². The molecular formula is C13H24N2O4. The Bertz CT molecular complexity index is 303. The second kappa shape index (κ2) is 7.99. The number of amides is 2. The quantitative estimate of drug-likeness (QED) is 0.653. The van der Waals surface area contributed by atoms with Gasteiger partial charge in [0.2, 0.25) is 0 Å². The molecule has 0 aliphatic carbocycles. The number of carboxylic acids is 1. The summed E-state index contributed by atoms with van der Waals surface area (Å²) in [6.07, 6.45) is 2.91. The molecule has 0 radical (unpaired) electrons. The van der Waals surface area contributed by atoms with Crippen LogP contribution in [0.2, 0.25) is 0 Å². The Kier molecular flexibility index (Phi) is 6.62. The molecule has 3 N–H and O–H groups in total. The van der Waals surface area contributed by atoms with Crippen LogP contribution < -0.4 is 10.6 Å². The Morgan fingerprint density at radius 2 is 2.21 bits per heavy atom. The third kappa shape index (κ3) is 5.92. The summed E-state index contributed by atoms with van der Waals surface area (Å²) in [6, 6.07) is -0.283. The molecule has 6 nitrogen and oxygen atoms in total. The van der Waals surface area contributed by atoms with Crippen LogP contribution >= 0.6 is 0 Å². The van der Waals surface area contributed by atoms with Crippen molar-refractivity contribution in [2.75, 3.05) is 13.2 Å². The molecule has 1 aliphatic heterocycles. The molecule has 0 saturated carbocycles. The van der Waals surface area contributed by atoms with Crippen molar-refractivity contribution >= 4 is 12.0 Å². The highest BCUT2D eigenvalue weighted by atomic mass is 16.5. The predicted octanol–water partition coefficient (Wildman–Crippen LogP) is 1.35. The summed E-state index contributed by atoms with van der Waals surface area (Å²) in [4.78, 5) is 22.3. The van der Waals surface area contributed by atoms with E-state index in [0.717, 1.165) is 25.9 Å². The largest absolute Gasteiger partial charge is 0.481 e. The van der Waals surface area contributed by atoms with Gasteiger partial charge in [0.15, 0.2) is 0 Å². The maximum atomic E-state index is 11.7. The Labute approximate surface area is 113 Å². The van der Waals surface area contributed by atoms with E-state index in [1.165, 1.54) is 0 Å². The van der Waals surface area contributed by atoms with Crippen LogP contribution in [0, 0.1) is 5.92 Å². The zero-order chi connectivity index (χ0) is 14.3. The molecule has 0 aromatic rings. The Hall–Kier alpha value is -1.30. The number of hydrogen-bond acceptors (Lipinski definition) is 3. The lowest BCUT2D eigenvalue weighted by Crippen LogP contribution is -2.47. The van der Waals surface area contributed by atoms with Crippen LogP contribution in [0.4, 0.5) is 4.79 Å². The lowest BCUT2D eigenvalue weighted by Gasteiger charge is -2.21.